The van der Waals surface area contributed by atoms with Gasteiger partial charge in [-0.15, -0.1) is 0 Å². The summed E-state index contributed by atoms with van der Waals surface area (Å²) in [6.07, 6.45) is 4.15. The lowest BCUT2D eigenvalue weighted by molar-refractivity contribution is 0.412. The minimum absolute atomic E-state index is 0.0702. The number of methoxy groups -OCH3 is 1. The van der Waals surface area contributed by atoms with E-state index in [1.807, 2.05) is 24.3 Å². The van der Waals surface area contributed by atoms with Crippen LogP contribution in [0.5, 0.6) is 5.75 Å². The molecule has 4 N–H and O–H groups in total. The highest BCUT2D eigenvalue weighted by Crippen LogP contribution is 2.38. The third-order valence-corrected chi connectivity index (χ3v) is 5.97. The molecule has 0 spiro atoms. The molecule has 1 aromatic carbocycles. The number of imidazole rings is 1. The number of ether oxygens (including phenoxy) is 1. The summed E-state index contributed by atoms with van der Waals surface area (Å²) in [6.45, 7) is 8.12. The lowest BCUT2D eigenvalue weighted by Crippen LogP contribution is -2.36. The number of H-pyrrole nitrogens is 1. The summed E-state index contributed by atoms with van der Waals surface area (Å²) in [6, 6.07) is 7.89. The molecule has 9 nitrogen and oxygen atoms in total. The summed E-state index contributed by atoms with van der Waals surface area (Å²) in [4.78, 5) is 14.4. The molecule has 4 rings (SSSR count). The zero-order chi connectivity index (χ0) is 22.7. The van der Waals surface area contributed by atoms with Crippen LogP contribution in [0.4, 0.5) is 5.82 Å². The molecule has 168 valence electrons. The van der Waals surface area contributed by atoms with Crippen molar-refractivity contribution in [1.29, 1.82) is 0 Å². The molecular formula is C22H28N8OS. The van der Waals surface area contributed by atoms with Crippen LogP contribution in [0.2, 0.25) is 0 Å². The van der Waals surface area contributed by atoms with Crippen LogP contribution >= 0.6 is 11.8 Å². The second-order valence-corrected chi connectivity index (χ2v) is 9.45. The third-order valence-electron chi connectivity index (χ3n) is 4.92. The van der Waals surface area contributed by atoms with E-state index in [4.69, 9.17) is 15.5 Å². The van der Waals surface area contributed by atoms with Crippen LogP contribution in [-0.2, 0) is 6.54 Å². The van der Waals surface area contributed by atoms with Gasteiger partial charge in [-0.2, -0.15) is 5.10 Å². The fourth-order valence-corrected chi connectivity index (χ4v) is 4.44. The maximum Gasteiger partial charge on any atom is 0.175 e. The molecule has 0 aliphatic heterocycles. The number of nitrogens with two attached hydrogens (primary N) is 1. The quantitative estimate of drug-likeness (QED) is 0.346. The molecule has 0 aliphatic carbocycles. The molecule has 3 heterocycles. The second kappa shape index (κ2) is 9.17. The smallest absolute Gasteiger partial charge is 0.175 e. The summed E-state index contributed by atoms with van der Waals surface area (Å²) in [5.41, 5.74) is 9.47. The first kappa shape index (κ1) is 22.1. The fourth-order valence-electron chi connectivity index (χ4n) is 3.35. The van der Waals surface area contributed by atoms with Gasteiger partial charge >= 0.3 is 0 Å². The number of aryl methyl sites for hydroxylation is 1. The Balaban J connectivity index is 1.71. The first-order valence-electron chi connectivity index (χ1n) is 10.4. The van der Waals surface area contributed by atoms with Gasteiger partial charge in [0.15, 0.2) is 22.1 Å². The van der Waals surface area contributed by atoms with Crippen LogP contribution in [0.15, 0.2) is 46.8 Å². The lowest BCUT2D eigenvalue weighted by atomic mass is 10.1. The number of aromatic nitrogens is 6. The van der Waals surface area contributed by atoms with Gasteiger partial charge < -0.3 is 20.4 Å². The number of nitrogen functional groups attached to an aromatic ring is 1. The minimum Gasteiger partial charge on any atom is -0.497 e. The largest absolute Gasteiger partial charge is 0.497 e. The molecule has 0 aliphatic rings. The van der Waals surface area contributed by atoms with Crippen LogP contribution in [0.3, 0.4) is 0 Å². The van der Waals surface area contributed by atoms with E-state index in [0.29, 0.717) is 11.3 Å². The number of nitrogens with zero attached hydrogens (tertiary/aromatic N) is 5. The van der Waals surface area contributed by atoms with E-state index in [1.54, 1.807) is 25.1 Å². The summed E-state index contributed by atoms with van der Waals surface area (Å²) >= 11 is 1.55. The summed E-state index contributed by atoms with van der Waals surface area (Å²) in [7, 11) is 1.66. The Kier molecular flexibility index (Phi) is 6.33. The first-order valence-corrected chi connectivity index (χ1v) is 11.2. The van der Waals surface area contributed by atoms with Gasteiger partial charge in [0, 0.05) is 28.7 Å². The van der Waals surface area contributed by atoms with Crippen LogP contribution in [0, 0.1) is 0 Å². The maximum atomic E-state index is 6.11. The average Bonchev–Trinajstić information content (AvgIpc) is 3.40. The molecule has 0 saturated carbocycles. The summed E-state index contributed by atoms with van der Waals surface area (Å²) < 4.78 is 7.58. The van der Waals surface area contributed by atoms with Crippen molar-refractivity contribution in [3.63, 3.8) is 0 Å². The van der Waals surface area contributed by atoms with Crippen LogP contribution in [0.25, 0.3) is 22.4 Å². The number of rotatable bonds is 8. The first-order chi connectivity index (χ1) is 15.4. The zero-order valence-electron chi connectivity index (χ0n) is 18.7. The van der Waals surface area contributed by atoms with Gasteiger partial charge in [-0.3, -0.25) is 5.10 Å². The van der Waals surface area contributed by atoms with Gasteiger partial charge in [0.1, 0.15) is 12.1 Å². The second-order valence-electron chi connectivity index (χ2n) is 8.44. The standard InChI is InChI=1S/C22H28N8OS/c1-22(2,3)26-9-5-11-30-20-18(19(23)24-13-25-20)28-21(30)32-17-12-14(31-4)6-7-15(17)16-8-10-27-29-16/h6-8,10,12-13,26H,5,9,11H2,1-4H3,(H,27,29)(H2,23,24,25). The predicted molar refractivity (Wildman–Crippen MR) is 127 cm³/mol. The molecule has 4 aromatic rings. The molecule has 0 atom stereocenters. The van der Waals surface area contributed by atoms with Gasteiger partial charge in [-0.1, -0.05) is 11.8 Å². The SMILES string of the molecule is COc1ccc(-c2ccn[nH]2)c(Sc2nc3c(N)ncnc3n2CCCNC(C)(C)C)c1. The van der Waals surface area contributed by atoms with E-state index in [9.17, 15) is 0 Å². The van der Waals surface area contributed by atoms with Gasteiger partial charge in [0.25, 0.3) is 0 Å². The number of anilines is 1. The summed E-state index contributed by atoms with van der Waals surface area (Å²) in [5, 5.41) is 11.5. The van der Waals surface area contributed by atoms with E-state index in [2.05, 4.69) is 50.8 Å². The molecule has 0 bridgehead atoms. The van der Waals surface area contributed by atoms with Crippen LogP contribution < -0.4 is 15.8 Å². The van der Waals surface area contributed by atoms with Gasteiger partial charge in [0.05, 0.1) is 12.8 Å². The van der Waals surface area contributed by atoms with Gasteiger partial charge in [0.2, 0.25) is 0 Å². The number of nitrogens with one attached hydrogen (secondary N) is 2. The fraction of sp³-hybridized carbons (Fsp3) is 0.364. The van der Waals surface area contributed by atoms with Crippen molar-refractivity contribution in [2.24, 2.45) is 0 Å². The number of benzene rings is 1. The van der Waals surface area contributed by atoms with E-state index in [1.165, 1.54) is 6.33 Å². The molecule has 0 unspecified atom stereocenters. The van der Waals surface area contributed by atoms with Crippen molar-refractivity contribution in [3.05, 3.63) is 36.8 Å². The third kappa shape index (κ3) is 4.86. The number of aromatic amines is 1. The number of fused-ring (bicyclic) bond motifs is 1. The highest BCUT2D eigenvalue weighted by molar-refractivity contribution is 7.99. The molecular weight excluding hydrogens is 424 g/mol. The molecule has 3 aromatic heterocycles. The molecule has 0 amide bonds. The Bertz CT molecular complexity index is 1200. The Hall–Kier alpha value is -3.11. The van der Waals surface area contributed by atoms with Crippen molar-refractivity contribution in [1.82, 2.24) is 35.0 Å². The topological polar surface area (TPSA) is 120 Å². The van der Waals surface area contributed by atoms with Crippen molar-refractivity contribution in [2.45, 2.75) is 49.3 Å². The van der Waals surface area contributed by atoms with E-state index in [0.717, 1.165) is 52.2 Å². The van der Waals surface area contributed by atoms with Crippen molar-refractivity contribution in [3.8, 4) is 17.0 Å². The van der Waals surface area contributed by atoms with Crippen molar-refractivity contribution < 1.29 is 4.74 Å². The zero-order valence-corrected chi connectivity index (χ0v) is 19.5. The Labute approximate surface area is 191 Å². The maximum absolute atomic E-state index is 6.11. The molecule has 0 radical (unpaired) electrons. The normalized spacial score (nSPS) is 11.9. The average molecular weight is 453 g/mol. The Morgan fingerprint density at radius 1 is 1.22 bits per heavy atom. The number of hydrogen-bond donors (Lipinski definition) is 3. The minimum atomic E-state index is 0.0702. The molecule has 0 saturated heterocycles. The molecule has 0 fully saturated rings. The Morgan fingerprint density at radius 3 is 2.78 bits per heavy atom. The molecule has 32 heavy (non-hydrogen) atoms. The van der Waals surface area contributed by atoms with E-state index >= 15 is 0 Å². The highest BCUT2D eigenvalue weighted by atomic mass is 32.2. The summed E-state index contributed by atoms with van der Waals surface area (Å²) in [5.74, 6) is 1.15. The number of hydrogen-bond acceptors (Lipinski definition) is 8. The predicted octanol–water partition coefficient (Wildman–Crippen LogP) is 3.74. The van der Waals surface area contributed by atoms with Crippen molar-refractivity contribution >= 4 is 28.7 Å². The van der Waals surface area contributed by atoms with E-state index < -0.39 is 0 Å². The molecule has 10 heteroatoms. The van der Waals surface area contributed by atoms with Crippen molar-refractivity contribution in [2.75, 3.05) is 19.4 Å². The highest BCUT2D eigenvalue weighted by Gasteiger charge is 2.19. The Morgan fingerprint density at radius 2 is 2.06 bits per heavy atom. The lowest BCUT2D eigenvalue weighted by Gasteiger charge is -2.20. The van der Waals surface area contributed by atoms with Gasteiger partial charge in [-0.05, 0) is 58.0 Å². The van der Waals surface area contributed by atoms with Gasteiger partial charge in [-0.25, -0.2) is 15.0 Å². The van der Waals surface area contributed by atoms with E-state index in [-0.39, 0.29) is 5.54 Å². The monoisotopic (exact) mass is 452 g/mol. The van der Waals surface area contributed by atoms with Crippen LogP contribution in [0.1, 0.15) is 27.2 Å². The van der Waals surface area contributed by atoms with Crippen LogP contribution in [-0.4, -0.2) is 48.9 Å².